The van der Waals surface area contributed by atoms with Gasteiger partial charge in [-0.05, 0) is 30.9 Å². The molecule has 1 aromatic rings. The molecule has 0 spiro atoms. The summed E-state index contributed by atoms with van der Waals surface area (Å²) >= 11 is 0. The van der Waals surface area contributed by atoms with Gasteiger partial charge in [0.05, 0.1) is 0 Å². The molecule has 0 N–H and O–H groups in total. The summed E-state index contributed by atoms with van der Waals surface area (Å²) in [4.78, 5) is 6.65. The molecule has 90 valence electrons. The lowest BCUT2D eigenvalue weighted by Crippen LogP contribution is -2.34. The average molecular weight is 229 g/mol. The van der Waals surface area contributed by atoms with Crippen LogP contribution in [0.5, 0.6) is 0 Å². The van der Waals surface area contributed by atoms with Crippen molar-refractivity contribution in [3.8, 4) is 6.07 Å². The fourth-order valence-electron chi connectivity index (χ4n) is 2.52. The van der Waals surface area contributed by atoms with Crippen LogP contribution in [0.15, 0.2) is 18.2 Å². The Balaban J connectivity index is 1.98. The van der Waals surface area contributed by atoms with E-state index >= 15 is 0 Å². The smallest absolute Gasteiger partial charge is 0.142 e. The maximum Gasteiger partial charge on any atom is 0.142 e. The molecule has 0 saturated carbocycles. The van der Waals surface area contributed by atoms with Crippen LogP contribution in [0.4, 0.5) is 5.82 Å². The molecule has 2 heterocycles. The highest BCUT2D eigenvalue weighted by Gasteiger charge is 2.19. The van der Waals surface area contributed by atoms with Gasteiger partial charge in [0.2, 0.25) is 0 Å². The number of nitriles is 1. The molecular formula is C14H19N3. The highest BCUT2D eigenvalue weighted by atomic mass is 15.2. The Morgan fingerprint density at radius 3 is 2.82 bits per heavy atom. The second-order valence-electron chi connectivity index (χ2n) is 4.71. The Bertz CT molecular complexity index is 400. The first-order chi connectivity index (χ1) is 8.33. The van der Waals surface area contributed by atoms with Crippen LogP contribution in [0.25, 0.3) is 0 Å². The maximum atomic E-state index is 8.84. The van der Waals surface area contributed by atoms with Gasteiger partial charge < -0.3 is 4.90 Å². The Kier molecular flexibility index (Phi) is 3.98. The van der Waals surface area contributed by atoms with Crippen LogP contribution in [0, 0.1) is 17.2 Å². The van der Waals surface area contributed by atoms with Crippen molar-refractivity contribution in [3.05, 3.63) is 23.9 Å². The van der Waals surface area contributed by atoms with Crippen LogP contribution in [-0.2, 0) is 0 Å². The van der Waals surface area contributed by atoms with Gasteiger partial charge in [-0.2, -0.15) is 5.26 Å². The van der Waals surface area contributed by atoms with E-state index in [-0.39, 0.29) is 0 Å². The van der Waals surface area contributed by atoms with Crippen molar-refractivity contribution in [3.63, 3.8) is 0 Å². The number of hydrogen-bond donors (Lipinski definition) is 0. The summed E-state index contributed by atoms with van der Waals surface area (Å²) in [5, 5.41) is 8.84. The zero-order valence-corrected chi connectivity index (χ0v) is 10.4. The molecule has 0 bridgehead atoms. The standard InChI is InChI=1S/C14H19N3/c1-2-4-12-7-9-17(10-8-12)14-6-3-5-13(11-15)16-14/h3,5-6,12H,2,4,7-10H2,1H3. The van der Waals surface area contributed by atoms with Crippen LogP contribution >= 0.6 is 0 Å². The number of anilines is 1. The number of hydrogen-bond acceptors (Lipinski definition) is 3. The van der Waals surface area contributed by atoms with Gasteiger partial charge in [-0.15, -0.1) is 0 Å². The van der Waals surface area contributed by atoms with Crippen LogP contribution < -0.4 is 4.90 Å². The summed E-state index contributed by atoms with van der Waals surface area (Å²) in [7, 11) is 0. The highest BCUT2D eigenvalue weighted by molar-refractivity contribution is 5.41. The summed E-state index contributed by atoms with van der Waals surface area (Å²) in [6.45, 7) is 4.41. The summed E-state index contributed by atoms with van der Waals surface area (Å²) < 4.78 is 0. The Morgan fingerprint density at radius 2 is 2.18 bits per heavy atom. The lowest BCUT2D eigenvalue weighted by molar-refractivity contribution is 0.377. The number of piperidine rings is 1. The van der Waals surface area contributed by atoms with Gasteiger partial charge >= 0.3 is 0 Å². The minimum absolute atomic E-state index is 0.512. The fraction of sp³-hybridized carbons (Fsp3) is 0.571. The molecular weight excluding hydrogens is 210 g/mol. The third kappa shape index (κ3) is 2.97. The van der Waals surface area contributed by atoms with E-state index in [0.29, 0.717) is 5.69 Å². The Labute approximate surface area is 103 Å². The topological polar surface area (TPSA) is 39.9 Å². The van der Waals surface area contributed by atoms with Crippen molar-refractivity contribution in [2.45, 2.75) is 32.6 Å². The molecule has 1 fully saturated rings. The van der Waals surface area contributed by atoms with E-state index in [0.717, 1.165) is 24.8 Å². The first-order valence-corrected chi connectivity index (χ1v) is 6.45. The van der Waals surface area contributed by atoms with Crippen molar-refractivity contribution in [1.82, 2.24) is 4.98 Å². The van der Waals surface area contributed by atoms with E-state index in [1.165, 1.54) is 25.7 Å². The van der Waals surface area contributed by atoms with Crippen LogP contribution in [0.3, 0.4) is 0 Å². The SMILES string of the molecule is CCCC1CCN(c2cccc(C#N)n2)CC1. The minimum Gasteiger partial charge on any atom is -0.357 e. The van der Waals surface area contributed by atoms with Crippen molar-refractivity contribution < 1.29 is 0 Å². The van der Waals surface area contributed by atoms with Crippen molar-refractivity contribution in [2.24, 2.45) is 5.92 Å². The third-order valence-corrected chi connectivity index (χ3v) is 3.48. The number of aromatic nitrogens is 1. The molecule has 0 atom stereocenters. The van der Waals surface area contributed by atoms with E-state index in [9.17, 15) is 0 Å². The molecule has 0 unspecified atom stereocenters. The molecule has 1 saturated heterocycles. The Morgan fingerprint density at radius 1 is 1.41 bits per heavy atom. The third-order valence-electron chi connectivity index (χ3n) is 3.48. The summed E-state index contributed by atoms with van der Waals surface area (Å²) in [6, 6.07) is 7.77. The molecule has 0 radical (unpaired) electrons. The normalized spacial score (nSPS) is 16.8. The number of nitrogens with zero attached hydrogens (tertiary/aromatic N) is 3. The largest absolute Gasteiger partial charge is 0.357 e. The summed E-state index contributed by atoms with van der Waals surface area (Å²) in [5.41, 5.74) is 0.512. The molecule has 0 amide bonds. The van der Waals surface area contributed by atoms with Gasteiger partial charge in [0.25, 0.3) is 0 Å². The molecule has 3 nitrogen and oxygen atoms in total. The summed E-state index contributed by atoms with van der Waals surface area (Å²) in [5.74, 6) is 1.84. The lowest BCUT2D eigenvalue weighted by atomic mass is 9.92. The van der Waals surface area contributed by atoms with Crippen LogP contribution in [0.2, 0.25) is 0 Å². The predicted molar refractivity (Wildman–Crippen MR) is 68.8 cm³/mol. The summed E-state index contributed by atoms with van der Waals surface area (Å²) in [6.07, 6.45) is 5.14. The first kappa shape index (κ1) is 11.9. The van der Waals surface area contributed by atoms with Crippen molar-refractivity contribution in [2.75, 3.05) is 18.0 Å². The number of rotatable bonds is 3. The van der Waals surface area contributed by atoms with Gasteiger partial charge in [-0.3, -0.25) is 0 Å². The fourth-order valence-corrected chi connectivity index (χ4v) is 2.52. The first-order valence-electron chi connectivity index (χ1n) is 6.45. The van der Waals surface area contributed by atoms with Gasteiger partial charge in [0, 0.05) is 13.1 Å². The zero-order chi connectivity index (χ0) is 12.1. The van der Waals surface area contributed by atoms with Gasteiger partial charge in [0.1, 0.15) is 17.6 Å². The predicted octanol–water partition coefficient (Wildman–Crippen LogP) is 2.97. The van der Waals surface area contributed by atoms with Crippen molar-refractivity contribution >= 4 is 5.82 Å². The van der Waals surface area contributed by atoms with E-state index in [2.05, 4.69) is 22.9 Å². The van der Waals surface area contributed by atoms with Crippen LogP contribution in [0.1, 0.15) is 38.3 Å². The van der Waals surface area contributed by atoms with E-state index in [4.69, 9.17) is 5.26 Å². The monoisotopic (exact) mass is 229 g/mol. The molecule has 0 aliphatic carbocycles. The molecule has 2 rings (SSSR count). The van der Waals surface area contributed by atoms with Gasteiger partial charge in [-0.1, -0.05) is 25.8 Å². The maximum absolute atomic E-state index is 8.84. The molecule has 1 aliphatic heterocycles. The zero-order valence-electron chi connectivity index (χ0n) is 10.4. The molecule has 3 heteroatoms. The minimum atomic E-state index is 0.512. The van der Waals surface area contributed by atoms with Gasteiger partial charge in [0.15, 0.2) is 0 Å². The molecule has 17 heavy (non-hydrogen) atoms. The van der Waals surface area contributed by atoms with E-state index in [1.807, 2.05) is 12.1 Å². The van der Waals surface area contributed by atoms with Gasteiger partial charge in [-0.25, -0.2) is 4.98 Å². The quantitative estimate of drug-likeness (QED) is 0.800. The second-order valence-corrected chi connectivity index (χ2v) is 4.71. The van der Waals surface area contributed by atoms with E-state index < -0.39 is 0 Å². The Hall–Kier alpha value is -1.56. The van der Waals surface area contributed by atoms with Crippen molar-refractivity contribution in [1.29, 1.82) is 5.26 Å². The molecule has 1 aliphatic rings. The molecule has 0 aromatic carbocycles. The second kappa shape index (κ2) is 5.67. The van der Waals surface area contributed by atoms with Crippen LogP contribution in [-0.4, -0.2) is 18.1 Å². The lowest BCUT2D eigenvalue weighted by Gasteiger charge is -2.32. The molecule has 1 aromatic heterocycles. The number of pyridine rings is 1. The van der Waals surface area contributed by atoms with E-state index in [1.54, 1.807) is 6.07 Å². The highest BCUT2D eigenvalue weighted by Crippen LogP contribution is 2.24. The average Bonchev–Trinajstić information content (AvgIpc) is 2.40.